The van der Waals surface area contributed by atoms with Gasteiger partial charge in [0.05, 0.1) is 31.1 Å². The van der Waals surface area contributed by atoms with Gasteiger partial charge in [-0.25, -0.2) is 9.18 Å². The van der Waals surface area contributed by atoms with Crippen molar-refractivity contribution in [2.24, 2.45) is 17.8 Å². The van der Waals surface area contributed by atoms with Crippen LogP contribution in [0.25, 0.3) is 0 Å². The summed E-state index contributed by atoms with van der Waals surface area (Å²) in [4.78, 5) is 26.6. The summed E-state index contributed by atoms with van der Waals surface area (Å²) in [6.45, 7) is 4.04. The van der Waals surface area contributed by atoms with E-state index in [1.165, 1.54) is 24.2 Å². The number of rotatable bonds is 7. The van der Waals surface area contributed by atoms with Gasteiger partial charge in [-0.05, 0) is 35.2 Å². The van der Waals surface area contributed by atoms with Gasteiger partial charge in [0.1, 0.15) is 18.2 Å². The molecule has 2 aliphatic heterocycles. The number of ether oxygens (including phenoxy) is 2. The standard InChI is InChI=1S/C21H23FN4O5/c1-12(27)23-7-14-8-26(21(28)31-14)13-2-3-19(18(22)6-13)25-9-15-16(10-25)17(15)11-29-20-4-5-30-24-20/h2-6,14-17H,7-11H2,1H3,(H,23,27)/t14-,15?,16?,17?/m0/s1. The van der Waals surface area contributed by atoms with E-state index in [1.807, 2.05) is 4.90 Å². The normalized spacial score (nSPS) is 26.6. The highest BCUT2D eigenvalue weighted by Gasteiger charge is 2.56. The highest BCUT2D eigenvalue weighted by atomic mass is 19.1. The average Bonchev–Trinajstić information content (AvgIpc) is 3.21. The molecule has 1 aromatic carbocycles. The lowest BCUT2D eigenvalue weighted by Gasteiger charge is -2.23. The smallest absolute Gasteiger partial charge is 0.414 e. The molecule has 9 nitrogen and oxygen atoms in total. The number of carbonyl (C=O) groups excluding carboxylic acids is 2. The van der Waals surface area contributed by atoms with Gasteiger partial charge in [0.15, 0.2) is 0 Å². The van der Waals surface area contributed by atoms with Crippen LogP contribution in [0.1, 0.15) is 6.92 Å². The topological polar surface area (TPSA) is 97.1 Å². The van der Waals surface area contributed by atoms with Crippen molar-refractivity contribution in [1.82, 2.24) is 10.5 Å². The monoisotopic (exact) mass is 430 g/mol. The number of hydrogen-bond donors (Lipinski definition) is 1. The second kappa shape index (κ2) is 7.75. The molecule has 10 heteroatoms. The molecule has 0 bridgehead atoms. The Morgan fingerprint density at radius 1 is 1.29 bits per heavy atom. The Balaban J connectivity index is 1.17. The fourth-order valence-corrected chi connectivity index (χ4v) is 4.57. The molecular weight excluding hydrogens is 407 g/mol. The molecule has 0 radical (unpaired) electrons. The van der Waals surface area contributed by atoms with Gasteiger partial charge >= 0.3 is 6.09 Å². The molecule has 5 rings (SSSR count). The van der Waals surface area contributed by atoms with Crippen molar-refractivity contribution in [3.05, 3.63) is 36.3 Å². The van der Waals surface area contributed by atoms with Gasteiger partial charge in [-0.2, -0.15) is 0 Å². The molecule has 3 fully saturated rings. The van der Waals surface area contributed by atoms with Crippen LogP contribution >= 0.6 is 0 Å². The molecule has 1 aromatic heterocycles. The number of cyclic esters (lactones) is 1. The Labute approximate surface area is 178 Å². The van der Waals surface area contributed by atoms with E-state index in [0.717, 1.165) is 13.1 Å². The summed E-state index contributed by atoms with van der Waals surface area (Å²) in [5.74, 6) is 1.34. The molecule has 3 heterocycles. The summed E-state index contributed by atoms with van der Waals surface area (Å²) in [6, 6.07) is 6.49. The quantitative estimate of drug-likeness (QED) is 0.718. The van der Waals surface area contributed by atoms with Gasteiger partial charge < -0.3 is 24.2 Å². The SMILES string of the molecule is CC(=O)NC[C@H]1CN(c2ccc(N3CC4C(COc5ccon5)C4C3)c(F)c2)C(=O)O1. The van der Waals surface area contributed by atoms with E-state index in [2.05, 4.69) is 10.5 Å². The largest absolute Gasteiger partial charge is 0.475 e. The second-order valence-electron chi connectivity index (χ2n) is 8.23. The molecule has 2 saturated heterocycles. The van der Waals surface area contributed by atoms with Crippen LogP contribution in [-0.4, -0.2) is 56.0 Å². The zero-order valence-corrected chi connectivity index (χ0v) is 17.0. The number of benzene rings is 1. The molecule has 2 unspecified atom stereocenters. The first-order valence-electron chi connectivity index (χ1n) is 10.3. The first kappa shape index (κ1) is 19.7. The Morgan fingerprint density at radius 2 is 2.10 bits per heavy atom. The van der Waals surface area contributed by atoms with Crippen LogP contribution in [0.5, 0.6) is 5.88 Å². The van der Waals surface area contributed by atoms with E-state index in [-0.39, 0.29) is 24.8 Å². The predicted molar refractivity (Wildman–Crippen MR) is 107 cm³/mol. The van der Waals surface area contributed by atoms with Gasteiger partial charge in [0.25, 0.3) is 5.88 Å². The Morgan fingerprint density at radius 3 is 2.77 bits per heavy atom. The minimum absolute atomic E-state index is 0.194. The number of anilines is 2. The molecule has 164 valence electrons. The number of piperidine rings is 1. The molecule has 2 aromatic rings. The predicted octanol–water partition coefficient (Wildman–Crippen LogP) is 2.04. The van der Waals surface area contributed by atoms with Gasteiger partial charge in [0.2, 0.25) is 5.91 Å². The van der Waals surface area contributed by atoms with E-state index in [0.29, 0.717) is 41.6 Å². The van der Waals surface area contributed by atoms with Crippen molar-refractivity contribution in [2.75, 3.05) is 42.6 Å². The third kappa shape index (κ3) is 3.89. The van der Waals surface area contributed by atoms with Crippen LogP contribution in [0, 0.1) is 23.6 Å². The molecule has 3 aliphatic rings. The molecule has 0 spiro atoms. The summed E-state index contributed by atoms with van der Waals surface area (Å²) < 4.78 is 30.5. The maximum atomic E-state index is 14.9. The fourth-order valence-electron chi connectivity index (χ4n) is 4.57. The number of amides is 2. The molecule has 31 heavy (non-hydrogen) atoms. The number of halogens is 1. The summed E-state index contributed by atoms with van der Waals surface area (Å²) >= 11 is 0. The summed E-state index contributed by atoms with van der Waals surface area (Å²) in [5, 5.41) is 6.37. The van der Waals surface area contributed by atoms with E-state index < -0.39 is 12.2 Å². The van der Waals surface area contributed by atoms with Gasteiger partial charge in [-0.3, -0.25) is 9.69 Å². The minimum Gasteiger partial charge on any atom is -0.475 e. The molecule has 1 saturated carbocycles. The van der Waals surface area contributed by atoms with Crippen LogP contribution in [-0.2, 0) is 9.53 Å². The van der Waals surface area contributed by atoms with Gasteiger partial charge in [-0.15, -0.1) is 0 Å². The number of fused-ring (bicyclic) bond motifs is 1. The summed E-state index contributed by atoms with van der Waals surface area (Å²) in [7, 11) is 0. The molecule has 1 aliphatic carbocycles. The number of nitrogens with one attached hydrogen (secondary N) is 1. The Bertz CT molecular complexity index is 972. The number of hydrogen-bond acceptors (Lipinski definition) is 7. The lowest BCUT2D eigenvalue weighted by atomic mass is 10.2. The average molecular weight is 430 g/mol. The van der Waals surface area contributed by atoms with Crippen molar-refractivity contribution in [3.63, 3.8) is 0 Å². The summed E-state index contributed by atoms with van der Waals surface area (Å²) in [6.07, 6.45) is 0.475. The lowest BCUT2D eigenvalue weighted by Crippen LogP contribution is -2.33. The second-order valence-corrected chi connectivity index (χ2v) is 8.23. The van der Waals surface area contributed by atoms with E-state index in [9.17, 15) is 14.0 Å². The highest BCUT2D eigenvalue weighted by Crippen LogP contribution is 2.52. The molecule has 1 N–H and O–H groups in total. The van der Waals surface area contributed by atoms with Crippen LogP contribution in [0.4, 0.5) is 20.6 Å². The maximum absolute atomic E-state index is 14.9. The lowest BCUT2D eigenvalue weighted by molar-refractivity contribution is -0.119. The maximum Gasteiger partial charge on any atom is 0.414 e. The number of carbonyl (C=O) groups is 2. The Hall–Kier alpha value is -3.30. The first-order chi connectivity index (χ1) is 15.0. The molecular formula is C21H23FN4O5. The fraction of sp³-hybridized carbons (Fsp3) is 0.476. The van der Waals surface area contributed by atoms with Crippen LogP contribution < -0.4 is 19.9 Å². The minimum atomic E-state index is -0.542. The van der Waals surface area contributed by atoms with Crippen LogP contribution in [0.2, 0.25) is 0 Å². The summed E-state index contributed by atoms with van der Waals surface area (Å²) in [5.41, 5.74) is 0.981. The zero-order chi connectivity index (χ0) is 21.5. The van der Waals surface area contributed by atoms with Crippen molar-refractivity contribution < 1.29 is 28.0 Å². The molecule has 3 atom stereocenters. The highest BCUT2D eigenvalue weighted by molar-refractivity contribution is 5.90. The number of nitrogens with zero attached hydrogens (tertiary/aromatic N) is 3. The van der Waals surface area contributed by atoms with Crippen LogP contribution in [0.3, 0.4) is 0 Å². The van der Waals surface area contributed by atoms with Crippen molar-refractivity contribution in [3.8, 4) is 5.88 Å². The number of aromatic nitrogens is 1. The van der Waals surface area contributed by atoms with E-state index in [1.54, 1.807) is 18.2 Å². The van der Waals surface area contributed by atoms with Gasteiger partial charge in [0, 0.05) is 32.0 Å². The zero-order valence-electron chi connectivity index (χ0n) is 17.0. The third-order valence-electron chi connectivity index (χ3n) is 6.25. The Kier molecular flexibility index (Phi) is 4.91. The van der Waals surface area contributed by atoms with E-state index >= 15 is 0 Å². The van der Waals surface area contributed by atoms with Gasteiger partial charge in [-0.1, -0.05) is 0 Å². The van der Waals surface area contributed by atoms with Crippen molar-refractivity contribution in [2.45, 2.75) is 13.0 Å². The van der Waals surface area contributed by atoms with Crippen molar-refractivity contribution >= 4 is 23.4 Å². The third-order valence-corrected chi connectivity index (χ3v) is 6.25. The van der Waals surface area contributed by atoms with Crippen molar-refractivity contribution in [1.29, 1.82) is 0 Å². The van der Waals surface area contributed by atoms with Crippen LogP contribution in [0.15, 0.2) is 35.1 Å². The van der Waals surface area contributed by atoms with E-state index in [4.69, 9.17) is 14.0 Å². The first-order valence-corrected chi connectivity index (χ1v) is 10.3. The molecule has 2 amide bonds.